The molecule has 1 radical (unpaired) electrons. The van der Waals surface area contributed by atoms with Crippen LogP contribution < -0.4 is 0 Å². The van der Waals surface area contributed by atoms with Crippen molar-refractivity contribution in [1.82, 2.24) is 0 Å². The molecule has 3 nitrogen and oxygen atoms in total. The number of hydrogen-bond donors (Lipinski definition) is 0. The average molecular weight is 401 g/mol. The molecule has 0 aliphatic rings. The van der Waals surface area contributed by atoms with Gasteiger partial charge in [0.25, 0.3) is 0 Å². The Labute approximate surface area is 171 Å². The minimum absolute atomic E-state index is 0.0257. The predicted molar refractivity (Wildman–Crippen MR) is 118 cm³/mol. The normalized spacial score (nSPS) is 15.2. The Kier molecular flexibility index (Phi) is 5.91. The van der Waals surface area contributed by atoms with Gasteiger partial charge in [0.05, 0.1) is 10.6 Å². The van der Waals surface area contributed by atoms with Crippen molar-refractivity contribution in [3.05, 3.63) is 59.2 Å². The highest BCUT2D eigenvalue weighted by Gasteiger charge is 2.22. The van der Waals surface area contributed by atoms with Gasteiger partial charge in [0.2, 0.25) is 10.0 Å². The van der Waals surface area contributed by atoms with E-state index in [-0.39, 0.29) is 21.1 Å². The highest BCUT2D eigenvalue weighted by atomic mass is 32.2. The largest absolute Gasteiger partial charge is 0.227 e. The first kappa shape index (κ1) is 22.6. The quantitative estimate of drug-likeness (QED) is 0.531. The lowest BCUT2D eigenvalue weighted by molar-refractivity contribution is 0.462. The number of benzene rings is 2. The predicted octanol–water partition coefficient (Wildman–Crippen LogP) is 7.08. The van der Waals surface area contributed by atoms with Crippen LogP contribution in [0.4, 0.5) is 5.69 Å². The minimum Gasteiger partial charge on any atom is -0.213 e. The summed E-state index contributed by atoms with van der Waals surface area (Å²) in [5, 5.41) is 0. The number of hydrogen-bond acceptors (Lipinski definition) is 2. The Morgan fingerprint density at radius 3 is 1.39 bits per heavy atom. The van der Waals surface area contributed by atoms with Crippen LogP contribution in [0, 0.1) is 0 Å². The van der Waals surface area contributed by atoms with Gasteiger partial charge in [-0.3, -0.25) is 0 Å². The van der Waals surface area contributed by atoms with Crippen molar-refractivity contribution in [2.75, 3.05) is 0 Å². The Morgan fingerprint density at radius 2 is 1.04 bits per heavy atom. The Morgan fingerprint density at radius 1 is 0.643 bits per heavy atom. The molecule has 0 aliphatic carbocycles. The fourth-order valence-electron chi connectivity index (χ4n) is 2.85. The summed E-state index contributed by atoms with van der Waals surface area (Å²) in [6.07, 6.45) is 0. The first-order valence-electron chi connectivity index (χ1n) is 9.75. The first-order chi connectivity index (χ1) is 12.5. The summed E-state index contributed by atoms with van der Waals surface area (Å²) in [4.78, 5) is 0.221. The van der Waals surface area contributed by atoms with Gasteiger partial charge in [0.1, 0.15) is 0 Å². The van der Waals surface area contributed by atoms with E-state index in [9.17, 15) is 8.76 Å². The third kappa shape index (κ3) is 5.45. The molecule has 2 aromatic carbocycles. The summed E-state index contributed by atoms with van der Waals surface area (Å²) in [6.45, 7) is 19.1. The number of rotatable bonds is 2. The standard InChI is InChI=1S/C24H34NO2S/c1-22(2,3)17-10-12-21(13-11-17)28(26,27)25-20-15-18(23(4,5)6)14-19(16-20)24(7,8)9/h10-16H,1-9H3. The van der Waals surface area contributed by atoms with E-state index in [2.05, 4.69) is 72.7 Å². The average Bonchev–Trinajstić information content (AvgIpc) is 2.52. The van der Waals surface area contributed by atoms with E-state index in [0.29, 0.717) is 5.69 Å². The van der Waals surface area contributed by atoms with Crippen LogP contribution in [0.2, 0.25) is 0 Å². The minimum atomic E-state index is -3.78. The molecule has 28 heavy (non-hydrogen) atoms. The van der Waals surface area contributed by atoms with E-state index in [1.54, 1.807) is 12.1 Å². The number of nitrogens with zero attached hydrogens (tertiary/aromatic N) is 1. The van der Waals surface area contributed by atoms with Crippen molar-refractivity contribution in [2.24, 2.45) is 4.36 Å². The second-order valence-electron chi connectivity index (χ2n) is 10.6. The molecule has 2 aromatic rings. The van der Waals surface area contributed by atoms with Crippen LogP contribution in [0.25, 0.3) is 0 Å². The molecule has 153 valence electrons. The highest BCUT2D eigenvalue weighted by molar-refractivity contribution is 7.88. The molecule has 0 spiro atoms. The lowest BCUT2D eigenvalue weighted by Crippen LogP contribution is -2.16. The lowest BCUT2D eigenvalue weighted by Gasteiger charge is -2.25. The van der Waals surface area contributed by atoms with Crippen molar-refractivity contribution in [2.45, 2.75) is 83.5 Å². The first-order valence-corrected chi connectivity index (χ1v) is 11.2. The van der Waals surface area contributed by atoms with E-state index in [1.807, 2.05) is 24.3 Å². The van der Waals surface area contributed by atoms with Crippen LogP contribution in [-0.4, -0.2) is 4.21 Å². The van der Waals surface area contributed by atoms with Gasteiger partial charge in [0, 0.05) is 0 Å². The summed E-state index contributed by atoms with van der Waals surface area (Å²) in [5.41, 5.74) is 3.53. The maximum atomic E-state index is 12.9. The summed E-state index contributed by atoms with van der Waals surface area (Å²) < 4.78 is 30.0. The van der Waals surface area contributed by atoms with Crippen molar-refractivity contribution >= 4 is 15.7 Å². The third-order valence-corrected chi connectivity index (χ3v) is 6.21. The second-order valence-corrected chi connectivity index (χ2v) is 12.2. The molecule has 0 fully saturated rings. The van der Waals surface area contributed by atoms with Crippen molar-refractivity contribution in [3.8, 4) is 0 Å². The molecular formula is C24H34NO2S. The second kappa shape index (κ2) is 7.31. The Bertz CT molecular complexity index is 927. The van der Waals surface area contributed by atoms with Crippen LogP contribution in [0.1, 0.15) is 79.0 Å². The summed E-state index contributed by atoms with van der Waals surface area (Å²) >= 11 is 0. The van der Waals surface area contributed by atoms with E-state index >= 15 is 0 Å². The molecule has 0 saturated carbocycles. The molecule has 0 heterocycles. The monoisotopic (exact) mass is 400 g/mol. The fraction of sp³-hybridized carbons (Fsp3) is 0.500. The zero-order valence-corrected chi connectivity index (χ0v) is 19.5. The third-order valence-electron chi connectivity index (χ3n) is 4.89. The van der Waals surface area contributed by atoms with Crippen LogP contribution in [-0.2, 0) is 30.8 Å². The Hall–Kier alpha value is -1.65. The summed E-state index contributed by atoms with van der Waals surface area (Å²) in [6, 6.07) is 13.0. The van der Waals surface area contributed by atoms with Gasteiger partial charge in [0.15, 0.2) is 0 Å². The van der Waals surface area contributed by atoms with Gasteiger partial charge in [-0.15, -0.1) is 4.55 Å². The lowest BCUT2D eigenvalue weighted by atomic mass is 9.80. The molecule has 0 amide bonds. The van der Waals surface area contributed by atoms with Crippen molar-refractivity contribution < 1.29 is 8.76 Å². The molecular weight excluding hydrogens is 366 g/mol. The molecule has 0 saturated heterocycles. The van der Waals surface area contributed by atoms with E-state index in [4.69, 9.17) is 0 Å². The van der Waals surface area contributed by atoms with Crippen molar-refractivity contribution in [1.29, 1.82) is 0 Å². The molecule has 0 bridgehead atoms. The van der Waals surface area contributed by atoms with E-state index in [1.165, 1.54) is 0 Å². The van der Waals surface area contributed by atoms with Gasteiger partial charge >= 0.3 is 0 Å². The van der Waals surface area contributed by atoms with Crippen LogP contribution in [0.3, 0.4) is 0 Å². The molecule has 0 aromatic heterocycles. The van der Waals surface area contributed by atoms with Crippen LogP contribution in [0.15, 0.2) is 51.7 Å². The smallest absolute Gasteiger partial charge is 0.213 e. The zero-order chi connectivity index (χ0) is 21.5. The maximum Gasteiger partial charge on any atom is 0.227 e. The molecule has 1 atom stereocenters. The molecule has 0 aliphatic heterocycles. The van der Waals surface area contributed by atoms with Crippen LogP contribution in [0.5, 0.6) is 0 Å². The molecule has 1 unspecified atom stereocenters. The summed E-state index contributed by atoms with van der Waals surface area (Å²) in [7, 11) is -3.78. The summed E-state index contributed by atoms with van der Waals surface area (Å²) in [5.74, 6) is 0. The molecule has 4 heteroatoms. The van der Waals surface area contributed by atoms with E-state index < -0.39 is 10.0 Å². The highest BCUT2D eigenvalue weighted by Crippen LogP contribution is 2.34. The van der Waals surface area contributed by atoms with Crippen molar-refractivity contribution in [3.63, 3.8) is 0 Å². The van der Waals surface area contributed by atoms with Gasteiger partial charge < -0.3 is 0 Å². The van der Waals surface area contributed by atoms with Crippen LogP contribution >= 0.6 is 0 Å². The molecule has 0 N–H and O–H groups in total. The van der Waals surface area contributed by atoms with Gasteiger partial charge in [-0.05, 0) is 57.2 Å². The Balaban J connectivity index is 2.60. The molecule has 2 rings (SSSR count). The maximum absolute atomic E-state index is 12.9. The van der Waals surface area contributed by atoms with E-state index in [0.717, 1.165) is 16.7 Å². The zero-order valence-electron chi connectivity index (χ0n) is 18.7. The van der Waals surface area contributed by atoms with Gasteiger partial charge in [-0.25, -0.2) is 4.21 Å². The van der Waals surface area contributed by atoms with Gasteiger partial charge in [-0.2, -0.15) is 4.36 Å². The SMILES string of the molecule is CC(C)(C)c1ccc(S([O])(=O)=Nc2cc(C(C)(C)C)cc(C(C)(C)C)c2)cc1. The van der Waals surface area contributed by atoms with Gasteiger partial charge in [-0.1, -0.05) is 80.5 Å². The topological polar surface area (TPSA) is 49.3 Å². The fourth-order valence-corrected chi connectivity index (χ4v) is 3.82.